The Balaban J connectivity index is 1.53. The Labute approximate surface area is 161 Å². The molecule has 1 amide bonds. The van der Waals surface area contributed by atoms with Crippen molar-refractivity contribution < 1.29 is 4.79 Å². The number of carbonyl (C=O) groups excluding carboxylic acids is 1. The summed E-state index contributed by atoms with van der Waals surface area (Å²) in [6.07, 6.45) is 2.44. The highest BCUT2D eigenvalue weighted by molar-refractivity contribution is 7.99. The molecule has 7 heteroatoms. The molecule has 134 valence electrons. The molecule has 0 atom stereocenters. The summed E-state index contributed by atoms with van der Waals surface area (Å²) in [4.78, 5) is 12.1. The Hall–Kier alpha value is -2.31. The minimum atomic E-state index is -0.0255. The van der Waals surface area contributed by atoms with E-state index in [1.165, 1.54) is 17.3 Å². The first-order valence-corrected chi connectivity index (χ1v) is 9.60. The van der Waals surface area contributed by atoms with E-state index in [1.807, 2.05) is 47.9 Å². The first-order chi connectivity index (χ1) is 12.6. The van der Waals surface area contributed by atoms with Crippen molar-refractivity contribution in [1.29, 1.82) is 0 Å². The van der Waals surface area contributed by atoms with E-state index in [0.717, 1.165) is 17.7 Å². The molecule has 5 nitrogen and oxygen atoms in total. The van der Waals surface area contributed by atoms with Crippen LogP contribution in [0.15, 0.2) is 60.0 Å². The average Bonchev–Trinajstić information content (AvgIpc) is 3.12. The van der Waals surface area contributed by atoms with Crippen LogP contribution in [-0.2, 0) is 11.2 Å². The minimum Gasteiger partial charge on any atom is -0.355 e. The lowest BCUT2D eigenvalue weighted by Crippen LogP contribution is -2.27. The van der Waals surface area contributed by atoms with E-state index in [-0.39, 0.29) is 11.7 Å². The molecule has 1 N–H and O–H groups in total. The number of hydrogen-bond donors (Lipinski definition) is 1. The number of aromatic nitrogens is 3. The van der Waals surface area contributed by atoms with E-state index in [0.29, 0.717) is 16.7 Å². The van der Waals surface area contributed by atoms with Gasteiger partial charge in [-0.2, -0.15) is 0 Å². The standard InChI is InChI=1S/C19H19ClN4OS/c1-14-7-8-16(11-17(14)20)24-13-22-23-19(24)26-12-18(25)21-10-9-15-5-3-2-4-6-15/h2-8,11,13H,9-10,12H2,1H3,(H,21,25). The van der Waals surface area contributed by atoms with Crippen LogP contribution in [0.5, 0.6) is 0 Å². The number of aryl methyl sites for hydroxylation is 1. The molecule has 0 spiro atoms. The third kappa shape index (κ3) is 4.86. The van der Waals surface area contributed by atoms with Crippen molar-refractivity contribution in [2.75, 3.05) is 12.3 Å². The molecule has 0 aliphatic rings. The molecule has 1 aromatic heterocycles. The van der Waals surface area contributed by atoms with Crippen molar-refractivity contribution >= 4 is 29.3 Å². The fraction of sp³-hybridized carbons (Fsp3) is 0.211. The van der Waals surface area contributed by atoms with E-state index >= 15 is 0 Å². The van der Waals surface area contributed by atoms with Crippen molar-refractivity contribution in [2.45, 2.75) is 18.5 Å². The van der Waals surface area contributed by atoms with E-state index in [9.17, 15) is 4.79 Å². The Morgan fingerprint density at radius 1 is 1.23 bits per heavy atom. The van der Waals surface area contributed by atoms with Gasteiger partial charge in [0, 0.05) is 11.6 Å². The predicted octanol–water partition coefficient (Wildman–Crippen LogP) is 3.68. The van der Waals surface area contributed by atoms with Gasteiger partial charge in [-0.25, -0.2) is 0 Å². The Bertz CT molecular complexity index is 882. The summed E-state index contributed by atoms with van der Waals surface area (Å²) >= 11 is 7.54. The number of nitrogens with zero attached hydrogens (tertiary/aromatic N) is 3. The van der Waals surface area contributed by atoms with Crippen molar-refractivity contribution in [3.8, 4) is 5.69 Å². The lowest BCUT2D eigenvalue weighted by Gasteiger charge is -2.08. The summed E-state index contributed by atoms with van der Waals surface area (Å²) in [5.41, 5.74) is 3.09. The number of hydrogen-bond acceptors (Lipinski definition) is 4. The summed E-state index contributed by atoms with van der Waals surface area (Å²) in [7, 11) is 0. The van der Waals surface area contributed by atoms with Crippen molar-refractivity contribution in [3.63, 3.8) is 0 Å². The van der Waals surface area contributed by atoms with Gasteiger partial charge in [-0.1, -0.05) is 59.8 Å². The zero-order chi connectivity index (χ0) is 18.4. The second kappa shape index (κ2) is 8.87. The largest absolute Gasteiger partial charge is 0.355 e. The third-order valence-corrected chi connectivity index (χ3v) is 5.21. The maximum Gasteiger partial charge on any atom is 0.230 e. The first kappa shape index (κ1) is 18.5. The van der Waals surface area contributed by atoms with Crippen LogP contribution >= 0.6 is 23.4 Å². The Morgan fingerprint density at radius 3 is 2.81 bits per heavy atom. The summed E-state index contributed by atoms with van der Waals surface area (Å²) in [6, 6.07) is 15.8. The molecular formula is C19H19ClN4OS. The van der Waals surface area contributed by atoms with Crippen LogP contribution in [0.4, 0.5) is 0 Å². The molecule has 0 unspecified atom stereocenters. The molecule has 0 aliphatic carbocycles. The lowest BCUT2D eigenvalue weighted by molar-refractivity contribution is -0.118. The van der Waals surface area contributed by atoms with Crippen molar-refractivity contribution in [2.24, 2.45) is 0 Å². The zero-order valence-electron chi connectivity index (χ0n) is 14.4. The number of thioether (sulfide) groups is 1. The molecular weight excluding hydrogens is 368 g/mol. The van der Waals surface area contributed by atoms with Gasteiger partial charge < -0.3 is 5.32 Å². The SMILES string of the molecule is Cc1ccc(-n2cnnc2SCC(=O)NCCc2ccccc2)cc1Cl. The van der Waals surface area contributed by atoms with E-state index in [1.54, 1.807) is 6.33 Å². The van der Waals surface area contributed by atoms with E-state index in [4.69, 9.17) is 11.6 Å². The van der Waals surface area contributed by atoms with Crippen LogP contribution in [0.3, 0.4) is 0 Å². The summed E-state index contributed by atoms with van der Waals surface area (Å²) in [5, 5.41) is 12.3. The average molecular weight is 387 g/mol. The molecule has 0 saturated carbocycles. The van der Waals surface area contributed by atoms with Gasteiger partial charge >= 0.3 is 0 Å². The summed E-state index contributed by atoms with van der Waals surface area (Å²) in [5.74, 6) is 0.259. The molecule has 26 heavy (non-hydrogen) atoms. The molecule has 0 saturated heterocycles. The van der Waals surface area contributed by atoms with Gasteiger partial charge in [0.05, 0.1) is 11.4 Å². The molecule has 0 radical (unpaired) electrons. The fourth-order valence-electron chi connectivity index (χ4n) is 2.40. The molecule has 1 heterocycles. The van der Waals surface area contributed by atoms with Gasteiger partial charge in [0.15, 0.2) is 5.16 Å². The number of benzene rings is 2. The number of carbonyl (C=O) groups is 1. The maximum absolute atomic E-state index is 12.1. The van der Waals surface area contributed by atoms with Crippen molar-refractivity contribution in [1.82, 2.24) is 20.1 Å². The van der Waals surface area contributed by atoms with Crippen LogP contribution in [0.2, 0.25) is 5.02 Å². The van der Waals surface area contributed by atoms with Crippen molar-refractivity contribution in [3.05, 3.63) is 71.0 Å². The summed E-state index contributed by atoms with van der Waals surface area (Å²) in [6.45, 7) is 2.57. The van der Waals surface area contributed by atoms with Crippen LogP contribution < -0.4 is 5.32 Å². The number of amides is 1. The second-order valence-electron chi connectivity index (χ2n) is 5.79. The quantitative estimate of drug-likeness (QED) is 0.629. The molecule has 2 aromatic carbocycles. The van der Waals surface area contributed by atoms with E-state index < -0.39 is 0 Å². The zero-order valence-corrected chi connectivity index (χ0v) is 15.9. The first-order valence-electron chi connectivity index (χ1n) is 8.23. The topological polar surface area (TPSA) is 59.8 Å². The normalized spacial score (nSPS) is 10.7. The number of halogens is 1. The Morgan fingerprint density at radius 2 is 2.04 bits per heavy atom. The monoisotopic (exact) mass is 386 g/mol. The smallest absolute Gasteiger partial charge is 0.230 e. The molecule has 0 aliphatic heterocycles. The maximum atomic E-state index is 12.1. The van der Waals surface area contributed by atoms with Crippen LogP contribution in [0.1, 0.15) is 11.1 Å². The fourth-order valence-corrected chi connectivity index (χ4v) is 3.34. The number of nitrogens with one attached hydrogen (secondary N) is 1. The highest BCUT2D eigenvalue weighted by atomic mass is 35.5. The highest BCUT2D eigenvalue weighted by Gasteiger charge is 2.11. The predicted molar refractivity (Wildman–Crippen MR) is 105 cm³/mol. The van der Waals surface area contributed by atoms with Crippen LogP contribution in [-0.4, -0.2) is 33.0 Å². The molecule has 3 rings (SSSR count). The van der Waals surface area contributed by atoms with Crippen LogP contribution in [0, 0.1) is 6.92 Å². The third-order valence-electron chi connectivity index (χ3n) is 3.86. The van der Waals surface area contributed by atoms with Gasteiger partial charge in [-0.15, -0.1) is 10.2 Å². The highest BCUT2D eigenvalue weighted by Crippen LogP contribution is 2.23. The van der Waals surface area contributed by atoms with Gasteiger partial charge in [-0.05, 0) is 36.6 Å². The summed E-state index contributed by atoms with van der Waals surface area (Å²) < 4.78 is 1.83. The van der Waals surface area contributed by atoms with Gasteiger partial charge in [-0.3, -0.25) is 9.36 Å². The van der Waals surface area contributed by atoms with Gasteiger partial charge in [0.1, 0.15) is 6.33 Å². The molecule has 3 aromatic rings. The number of rotatable bonds is 7. The van der Waals surface area contributed by atoms with Crippen LogP contribution in [0.25, 0.3) is 5.69 Å². The van der Waals surface area contributed by atoms with E-state index in [2.05, 4.69) is 27.6 Å². The van der Waals surface area contributed by atoms with Gasteiger partial charge in [0.2, 0.25) is 5.91 Å². The second-order valence-corrected chi connectivity index (χ2v) is 7.14. The Kier molecular flexibility index (Phi) is 6.30. The molecule has 0 bridgehead atoms. The minimum absolute atomic E-state index is 0.0255. The molecule has 0 fully saturated rings. The van der Waals surface area contributed by atoms with Gasteiger partial charge in [0.25, 0.3) is 0 Å². The lowest BCUT2D eigenvalue weighted by atomic mass is 10.1.